The molecule has 108 valence electrons. The van der Waals surface area contributed by atoms with Crippen LogP contribution in [-0.2, 0) is 0 Å². The van der Waals surface area contributed by atoms with E-state index in [4.69, 9.17) is 0 Å². The lowest BCUT2D eigenvalue weighted by Crippen LogP contribution is -2.19. The average Bonchev–Trinajstić information content (AvgIpc) is 2.45. The molecule has 0 saturated heterocycles. The van der Waals surface area contributed by atoms with Crippen molar-refractivity contribution in [3.63, 3.8) is 0 Å². The maximum atomic E-state index is 13.5. The van der Waals surface area contributed by atoms with Crippen molar-refractivity contribution in [2.75, 3.05) is 0 Å². The predicted octanol–water partition coefficient (Wildman–Crippen LogP) is 2.82. The molecule has 1 amide bonds. The number of benzene rings is 2. The number of rotatable bonds is 3. The van der Waals surface area contributed by atoms with Gasteiger partial charge in [0.2, 0.25) is 0 Å². The lowest BCUT2D eigenvalue weighted by molar-refractivity contribution is 0.0952. The third kappa shape index (κ3) is 3.42. The zero-order chi connectivity index (χ0) is 15.4. The van der Waals surface area contributed by atoms with E-state index in [1.807, 2.05) is 0 Å². The van der Waals surface area contributed by atoms with Crippen LogP contribution in [0.5, 0.6) is 5.75 Å². The molecular formula is C15H12F2N2O2. The van der Waals surface area contributed by atoms with Crippen molar-refractivity contribution >= 4 is 11.6 Å². The Morgan fingerprint density at radius 1 is 1.14 bits per heavy atom. The molecule has 0 spiro atoms. The zero-order valence-corrected chi connectivity index (χ0v) is 11.1. The number of halogens is 2. The van der Waals surface area contributed by atoms with Crippen molar-refractivity contribution in [3.8, 4) is 5.75 Å². The lowest BCUT2D eigenvalue weighted by Gasteiger charge is -2.05. The number of amides is 1. The molecule has 0 heterocycles. The van der Waals surface area contributed by atoms with E-state index in [1.54, 1.807) is 12.1 Å². The number of phenolic OH excluding ortho intramolecular Hbond substituents is 1. The van der Waals surface area contributed by atoms with Gasteiger partial charge in [0.05, 0.1) is 11.3 Å². The standard InChI is InChI=1S/C15H12F2N2O2/c1-9(11-7-6-10(16)8-13(11)17)18-19-15(21)12-4-2-3-5-14(12)20/h2-8,20H,1H3,(H,19,21)/b18-9+. The molecule has 0 unspecified atom stereocenters. The highest BCUT2D eigenvalue weighted by Gasteiger charge is 2.11. The van der Waals surface area contributed by atoms with Crippen LogP contribution >= 0.6 is 0 Å². The van der Waals surface area contributed by atoms with E-state index in [2.05, 4.69) is 10.5 Å². The third-order valence-corrected chi connectivity index (χ3v) is 2.79. The van der Waals surface area contributed by atoms with Crippen LogP contribution in [0.4, 0.5) is 8.78 Å². The summed E-state index contributed by atoms with van der Waals surface area (Å²) < 4.78 is 26.4. The molecule has 0 aliphatic rings. The zero-order valence-electron chi connectivity index (χ0n) is 11.1. The first kappa shape index (κ1) is 14.6. The molecule has 0 saturated carbocycles. The van der Waals surface area contributed by atoms with E-state index in [0.717, 1.165) is 12.1 Å². The second-order valence-corrected chi connectivity index (χ2v) is 4.28. The SMILES string of the molecule is C/C(=N\NC(=O)c1ccccc1O)c1ccc(F)cc1F. The molecule has 0 aliphatic heterocycles. The fraction of sp³-hybridized carbons (Fsp3) is 0.0667. The van der Waals surface area contributed by atoms with Crippen LogP contribution in [0.3, 0.4) is 0 Å². The van der Waals surface area contributed by atoms with Gasteiger partial charge in [-0.15, -0.1) is 0 Å². The lowest BCUT2D eigenvalue weighted by atomic mass is 10.1. The van der Waals surface area contributed by atoms with Gasteiger partial charge in [-0.1, -0.05) is 12.1 Å². The van der Waals surface area contributed by atoms with E-state index >= 15 is 0 Å². The van der Waals surface area contributed by atoms with E-state index < -0.39 is 17.5 Å². The Labute approximate surface area is 119 Å². The highest BCUT2D eigenvalue weighted by molar-refractivity contribution is 6.01. The van der Waals surface area contributed by atoms with Crippen LogP contribution < -0.4 is 5.43 Å². The number of carbonyl (C=O) groups excluding carboxylic acids is 1. The summed E-state index contributed by atoms with van der Waals surface area (Å²) in [5, 5.41) is 13.3. The molecule has 21 heavy (non-hydrogen) atoms. The summed E-state index contributed by atoms with van der Waals surface area (Å²) in [4.78, 5) is 11.8. The van der Waals surface area contributed by atoms with Crippen molar-refractivity contribution < 1.29 is 18.7 Å². The number of hydrogen-bond acceptors (Lipinski definition) is 3. The van der Waals surface area contributed by atoms with Crippen molar-refractivity contribution in [1.82, 2.24) is 5.43 Å². The smallest absolute Gasteiger partial charge is 0.275 e. The van der Waals surface area contributed by atoms with Gasteiger partial charge in [-0.25, -0.2) is 14.2 Å². The summed E-state index contributed by atoms with van der Waals surface area (Å²) >= 11 is 0. The van der Waals surface area contributed by atoms with Gasteiger partial charge >= 0.3 is 0 Å². The predicted molar refractivity (Wildman–Crippen MR) is 74.1 cm³/mol. The van der Waals surface area contributed by atoms with Gasteiger partial charge in [-0.3, -0.25) is 4.79 Å². The minimum atomic E-state index is -0.770. The van der Waals surface area contributed by atoms with Crippen molar-refractivity contribution in [2.45, 2.75) is 6.92 Å². The van der Waals surface area contributed by atoms with Crippen molar-refractivity contribution in [3.05, 3.63) is 65.2 Å². The number of aromatic hydroxyl groups is 1. The number of carbonyl (C=O) groups is 1. The molecule has 0 aromatic heterocycles. The first-order chi connectivity index (χ1) is 9.99. The highest BCUT2D eigenvalue weighted by Crippen LogP contribution is 2.15. The first-order valence-electron chi connectivity index (χ1n) is 6.07. The topological polar surface area (TPSA) is 61.7 Å². The van der Waals surface area contributed by atoms with Crippen LogP contribution in [-0.4, -0.2) is 16.7 Å². The van der Waals surface area contributed by atoms with E-state index in [-0.39, 0.29) is 22.6 Å². The molecule has 2 aromatic rings. The molecule has 2 rings (SSSR count). The van der Waals surface area contributed by atoms with Gasteiger partial charge in [0.15, 0.2) is 0 Å². The van der Waals surface area contributed by atoms with E-state index in [1.165, 1.54) is 25.1 Å². The van der Waals surface area contributed by atoms with Crippen LogP contribution in [0.1, 0.15) is 22.8 Å². The molecule has 0 aliphatic carbocycles. The van der Waals surface area contributed by atoms with Crippen LogP contribution in [0, 0.1) is 11.6 Å². The average molecular weight is 290 g/mol. The Morgan fingerprint density at radius 3 is 2.52 bits per heavy atom. The van der Waals surface area contributed by atoms with Gasteiger partial charge in [0.25, 0.3) is 5.91 Å². The Balaban J connectivity index is 2.17. The fourth-order valence-corrected chi connectivity index (χ4v) is 1.70. The Kier molecular flexibility index (Phi) is 4.27. The number of phenols is 1. The Bertz CT molecular complexity index is 715. The second kappa shape index (κ2) is 6.13. The number of nitrogens with zero attached hydrogens (tertiary/aromatic N) is 1. The largest absolute Gasteiger partial charge is 0.507 e. The van der Waals surface area contributed by atoms with E-state index in [9.17, 15) is 18.7 Å². The molecule has 2 aromatic carbocycles. The number of hydrazone groups is 1. The highest BCUT2D eigenvalue weighted by atomic mass is 19.1. The maximum absolute atomic E-state index is 13.5. The van der Waals surface area contributed by atoms with Gasteiger partial charge in [-0.05, 0) is 31.2 Å². The summed E-state index contributed by atoms with van der Waals surface area (Å²) in [5.41, 5.74) is 2.51. The van der Waals surface area contributed by atoms with Crippen molar-refractivity contribution in [2.24, 2.45) is 5.10 Å². The monoisotopic (exact) mass is 290 g/mol. The molecule has 2 N–H and O–H groups in total. The van der Waals surface area contributed by atoms with Gasteiger partial charge in [0, 0.05) is 11.6 Å². The van der Waals surface area contributed by atoms with Crippen LogP contribution in [0.15, 0.2) is 47.6 Å². The molecule has 0 atom stereocenters. The molecule has 0 radical (unpaired) electrons. The van der Waals surface area contributed by atoms with Crippen molar-refractivity contribution in [1.29, 1.82) is 0 Å². The van der Waals surface area contributed by atoms with Gasteiger partial charge in [-0.2, -0.15) is 5.10 Å². The van der Waals surface area contributed by atoms with Crippen LogP contribution in [0.2, 0.25) is 0 Å². The molecular weight excluding hydrogens is 278 g/mol. The second-order valence-electron chi connectivity index (χ2n) is 4.28. The maximum Gasteiger partial charge on any atom is 0.275 e. The normalized spacial score (nSPS) is 11.3. The quantitative estimate of drug-likeness (QED) is 0.674. The summed E-state index contributed by atoms with van der Waals surface area (Å²) in [5.74, 6) is -2.28. The summed E-state index contributed by atoms with van der Waals surface area (Å²) in [6.07, 6.45) is 0. The van der Waals surface area contributed by atoms with E-state index in [0.29, 0.717) is 0 Å². The van der Waals surface area contributed by atoms with Crippen LogP contribution in [0.25, 0.3) is 0 Å². The summed E-state index contributed by atoms with van der Waals surface area (Å²) in [6.45, 7) is 1.47. The Hall–Kier alpha value is -2.76. The minimum Gasteiger partial charge on any atom is -0.507 e. The fourth-order valence-electron chi connectivity index (χ4n) is 1.70. The number of nitrogens with one attached hydrogen (secondary N) is 1. The molecule has 0 fully saturated rings. The van der Waals surface area contributed by atoms with Gasteiger partial charge in [0.1, 0.15) is 17.4 Å². The number of para-hydroxylation sites is 1. The first-order valence-corrected chi connectivity index (χ1v) is 6.07. The summed E-state index contributed by atoms with van der Waals surface area (Å²) in [6, 6.07) is 9.02. The summed E-state index contributed by atoms with van der Waals surface area (Å²) in [7, 11) is 0. The molecule has 0 bridgehead atoms. The number of hydrogen-bond donors (Lipinski definition) is 2. The molecule has 6 heteroatoms. The Morgan fingerprint density at radius 2 is 1.86 bits per heavy atom. The van der Waals surface area contributed by atoms with Gasteiger partial charge < -0.3 is 5.11 Å². The minimum absolute atomic E-state index is 0.0497. The molecule has 4 nitrogen and oxygen atoms in total. The third-order valence-electron chi connectivity index (χ3n) is 2.79.